The summed E-state index contributed by atoms with van der Waals surface area (Å²) >= 11 is 0. The van der Waals surface area contributed by atoms with Crippen LogP contribution < -0.4 is 0 Å². The van der Waals surface area contributed by atoms with Gasteiger partial charge in [0.05, 0.1) is 0 Å². The molecule has 0 unspecified atom stereocenters. The molecular weight excluding hydrogens is 392 g/mol. The van der Waals surface area contributed by atoms with Crippen LogP contribution >= 0.6 is 0 Å². The molecule has 182 valence electrons. The standard InChI is InChI=1S/C30H50O2/c1-9-26(4)13-12-22-28(6,21(26)10-11-24(31)32)17-19-30(8)23-20-25(2,3)14-15-27(23,5)16-18-29(22,30)7/h9,21-23H,1,10-20H2,2-8H3,(H,31,32)/t21-,22+,23-,26+,27+,28+,29-,30+/m1/s1. The number of aliphatic carboxylic acids is 1. The van der Waals surface area contributed by atoms with Gasteiger partial charge in [-0.2, -0.15) is 0 Å². The minimum Gasteiger partial charge on any atom is -0.481 e. The first kappa shape index (κ1) is 24.3. The van der Waals surface area contributed by atoms with Crippen molar-refractivity contribution in [1.82, 2.24) is 0 Å². The fourth-order valence-corrected chi connectivity index (χ4v) is 10.3. The van der Waals surface area contributed by atoms with Gasteiger partial charge in [0, 0.05) is 6.42 Å². The van der Waals surface area contributed by atoms with Crippen molar-refractivity contribution < 1.29 is 9.90 Å². The van der Waals surface area contributed by atoms with Crippen molar-refractivity contribution >= 4 is 5.97 Å². The van der Waals surface area contributed by atoms with E-state index < -0.39 is 5.97 Å². The van der Waals surface area contributed by atoms with Gasteiger partial charge in [-0.15, -0.1) is 6.58 Å². The lowest BCUT2D eigenvalue weighted by Gasteiger charge is -2.74. The number of carbonyl (C=O) groups is 1. The summed E-state index contributed by atoms with van der Waals surface area (Å²) in [4.78, 5) is 11.6. The third kappa shape index (κ3) is 3.28. The molecular formula is C30H50O2. The monoisotopic (exact) mass is 442 g/mol. The van der Waals surface area contributed by atoms with E-state index in [9.17, 15) is 9.90 Å². The number of fused-ring (bicyclic) bond motifs is 5. The first-order valence-electron chi connectivity index (χ1n) is 13.5. The van der Waals surface area contributed by atoms with Crippen molar-refractivity contribution in [3.63, 3.8) is 0 Å². The Hall–Kier alpha value is -0.790. The molecule has 2 heteroatoms. The van der Waals surface area contributed by atoms with Crippen LogP contribution in [-0.4, -0.2) is 11.1 Å². The second-order valence-electron chi connectivity index (χ2n) is 14.7. The third-order valence-electron chi connectivity index (χ3n) is 12.7. The highest BCUT2D eigenvalue weighted by atomic mass is 16.4. The Morgan fingerprint density at radius 2 is 1.47 bits per heavy atom. The second kappa shape index (κ2) is 7.35. The fraction of sp³-hybridized carbons (Fsp3) is 0.900. The highest BCUT2D eigenvalue weighted by molar-refractivity contribution is 5.66. The average molecular weight is 443 g/mol. The Labute approximate surface area is 198 Å². The van der Waals surface area contributed by atoms with E-state index in [0.29, 0.717) is 39.9 Å². The molecule has 0 saturated heterocycles. The summed E-state index contributed by atoms with van der Waals surface area (Å²) in [5.74, 6) is 1.27. The molecule has 0 amide bonds. The number of carboxylic acid groups (broad SMARTS) is 1. The van der Waals surface area contributed by atoms with E-state index in [1.54, 1.807) is 0 Å². The van der Waals surface area contributed by atoms with E-state index in [2.05, 4.69) is 61.1 Å². The van der Waals surface area contributed by atoms with Gasteiger partial charge in [-0.25, -0.2) is 0 Å². The maximum atomic E-state index is 11.6. The molecule has 0 radical (unpaired) electrons. The number of hydrogen-bond acceptors (Lipinski definition) is 1. The second-order valence-corrected chi connectivity index (χ2v) is 14.7. The van der Waals surface area contributed by atoms with Crippen molar-refractivity contribution in [3.8, 4) is 0 Å². The normalized spacial score (nSPS) is 52.3. The third-order valence-corrected chi connectivity index (χ3v) is 12.7. The number of rotatable bonds is 4. The molecule has 0 aromatic rings. The topological polar surface area (TPSA) is 37.3 Å². The fourth-order valence-electron chi connectivity index (χ4n) is 10.3. The van der Waals surface area contributed by atoms with Gasteiger partial charge in [0.2, 0.25) is 0 Å². The van der Waals surface area contributed by atoms with E-state index >= 15 is 0 Å². The lowest BCUT2D eigenvalue weighted by atomic mass is 9.31. The van der Waals surface area contributed by atoms with Crippen LogP contribution in [0.1, 0.15) is 119 Å². The number of allylic oxidation sites excluding steroid dienone is 1. The van der Waals surface area contributed by atoms with Crippen LogP contribution in [0.2, 0.25) is 0 Å². The Morgan fingerprint density at radius 3 is 2.09 bits per heavy atom. The summed E-state index contributed by atoms with van der Waals surface area (Å²) in [5.41, 5.74) is 1.97. The van der Waals surface area contributed by atoms with Gasteiger partial charge in [-0.05, 0) is 114 Å². The number of carboxylic acids is 1. The van der Waals surface area contributed by atoms with Crippen LogP contribution in [0.15, 0.2) is 12.7 Å². The summed E-state index contributed by atoms with van der Waals surface area (Å²) in [6.07, 6.45) is 15.2. The van der Waals surface area contributed by atoms with E-state index in [1.165, 1.54) is 57.8 Å². The van der Waals surface area contributed by atoms with Crippen LogP contribution in [0.25, 0.3) is 0 Å². The molecule has 4 aliphatic carbocycles. The lowest BCUT2D eigenvalue weighted by Crippen LogP contribution is -2.66. The van der Waals surface area contributed by atoms with Gasteiger partial charge in [0.25, 0.3) is 0 Å². The molecule has 8 atom stereocenters. The Bertz CT molecular complexity index is 784. The summed E-state index contributed by atoms with van der Waals surface area (Å²) in [6.45, 7) is 22.2. The van der Waals surface area contributed by atoms with E-state index in [-0.39, 0.29) is 10.8 Å². The van der Waals surface area contributed by atoms with Gasteiger partial charge in [-0.3, -0.25) is 4.79 Å². The lowest BCUT2D eigenvalue weighted by molar-refractivity contribution is -0.247. The molecule has 32 heavy (non-hydrogen) atoms. The Balaban J connectivity index is 1.74. The first-order valence-corrected chi connectivity index (χ1v) is 13.5. The minimum atomic E-state index is -0.646. The van der Waals surface area contributed by atoms with E-state index in [0.717, 1.165) is 12.3 Å². The van der Waals surface area contributed by atoms with Gasteiger partial charge >= 0.3 is 5.97 Å². The maximum absolute atomic E-state index is 11.6. The maximum Gasteiger partial charge on any atom is 0.303 e. The van der Waals surface area contributed by atoms with E-state index in [1.807, 2.05) is 0 Å². The van der Waals surface area contributed by atoms with Crippen molar-refractivity contribution in [3.05, 3.63) is 12.7 Å². The van der Waals surface area contributed by atoms with Crippen molar-refractivity contribution in [2.45, 2.75) is 119 Å². The largest absolute Gasteiger partial charge is 0.481 e. The molecule has 4 saturated carbocycles. The molecule has 4 fully saturated rings. The predicted octanol–water partition coefficient (Wildman–Crippen LogP) is 8.51. The molecule has 1 N–H and O–H groups in total. The van der Waals surface area contributed by atoms with Crippen molar-refractivity contribution in [2.75, 3.05) is 0 Å². The van der Waals surface area contributed by atoms with Crippen molar-refractivity contribution in [1.29, 1.82) is 0 Å². The average Bonchev–Trinajstić information content (AvgIpc) is 2.70. The summed E-state index contributed by atoms with van der Waals surface area (Å²) in [5, 5.41) is 9.53. The molecule has 2 nitrogen and oxygen atoms in total. The first-order chi connectivity index (χ1) is 14.7. The quantitative estimate of drug-likeness (QED) is 0.443. The van der Waals surface area contributed by atoms with Crippen LogP contribution in [0.5, 0.6) is 0 Å². The zero-order valence-electron chi connectivity index (χ0n) is 22.2. The van der Waals surface area contributed by atoms with Gasteiger partial charge in [0.1, 0.15) is 0 Å². The summed E-state index contributed by atoms with van der Waals surface area (Å²) in [7, 11) is 0. The summed E-state index contributed by atoms with van der Waals surface area (Å²) < 4.78 is 0. The van der Waals surface area contributed by atoms with E-state index in [4.69, 9.17) is 0 Å². The van der Waals surface area contributed by atoms with Gasteiger partial charge < -0.3 is 5.11 Å². The smallest absolute Gasteiger partial charge is 0.303 e. The predicted molar refractivity (Wildman–Crippen MR) is 133 cm³/mol. The number of hydrogen-bond donors (Lipinski definition) is 1. The Kier molecular flexibility index (Phi) is 5.59. The zero-order chi connectivity index (χ0) is 23.8. The van der Waals surface area contributed by atoms with Crippen LogP contribution in [0.4, 0.5) is 0 Å². The Morgan fingerprint density at radius 1 is 0.875 bits per heavy atom. The molecule has 0 aromatic heterocycles. The van der Waals surface area contributed by atoms with Gasteiger partial charge in [0.15, 0.2) is 0 Å². The molecule has 0 aliphatic heterocycles. The minimum absolute atomic E-state index is 0.0564. The SMILES string of the molecule is C=C[C@@]1(C)CC[C@H]2[C@@](C)(CC[C@@]3(C)[C@@H]4CC(C)(C)CC[C@@]4(C)CC[C@]23C)[C@@H]1CCC(=O)O. The molecule has 0 heterocycles. The molecule has 0 spiro atoms. The highest BCUT2D eigenvalue weighted by Gasteiger charge is 2.69. The van der Waals surface area contributed by atoms with Crippen LogP contribution in [0, 0.1) is 50.2 Å². The van der Waals surface area contributed by atoms with Crippen LogP contribution in [0.3, 0.4) is 0 Å². The molecule has 0 bridgehead atoms. The molecule has 4 rings (SSSR count). The van der Waals surface area contributed by atoms with Gasteiger partial charge in [-0.1, -0.05) is 54.5 Å². The van der Waals surface area contributed by atoms with Crippen molar-refractivity contribution in [2.24, 2.45) is 50.2 Å². The highest BCUT2D eigenvalue weighted by Crippen LogP contribution is 2.77. The molecule has 0 aromatic carbocycles. The summed E-state index contributed by atoms with van der Waals surface area (Å²) in [6, 6.07) is 0. The zero-order valence-corrected chi connectivity index (χ0v) is 22.2. The molecule has 4 aliphatic rings. The van der Waals surface area contributed by atoms with Crippen LogP contribution in [-0.2, 0) is 4.79 Å².